The molecule has 0 bridgehead atoms. The highest BCUT2D eigenvalue weighted by atomic mass is 14.3. The molecule has 0 aliphatic heterocycles. The van der Waals surface area contributed by atoms with Crippen LogP contribution in [0.5, 0.6) is 0 Å². The van der Waals surface area contributed by atoms with Crippen molar-refractivity contribution in [1.29, 1.82) is 0 Å². The molecule has 1 saturated carbocycles. The van der Waals surface area contributed by atoms with E-state index in [4.69, 9.17) is 0 Å². The monoisotopic (exact) mass is 111 g/mol. The lowest BCUT2D eigenvalue weighted by Gasteiger charge is -2.03. The minimum Gasteiger partial charge on any atom is -0.330 e. The van der Waals surface area contributed by atoms with Gasteiger partial charge in [-0.2, -0.15) is 5.92 Å². The van der Waals surface area contributed by atoms with Gasteiger partial charge in [0.2, 0.25) is 0 Å². The minimum atomic E-state index is 0.906. The molecule has 0 radical (unpaired) electrons. The van der Waals surface area contributed by atoms with Crippen molar-refractivity contribution in [3.05, 3.63) is 6.42 Å². The second-order valence-corrected chi connectivity index (χ2v) is 3.20. The van der Waals surface area contributed by atoms with Crippen molar-refractivity contribution in [2.75, 3.05) is 0 Å². The molecule has 0 nitrogen and oxygen atoms in total. The van der Waals surface area contributed by atoms with Crippen molar-refractivity contribution in [3.63, 3.8) is 0 Å². The molecule has 1 fully saturated rings. The fourth-order valence-electron chi connectivity index (χ4n) is 0.879. The van der Waals surface area contributed by atoms with Gasteiger partial charge in [-0.1, -0.05) is 26.7 Å². The smallest absolute Gasteiger partial charge is 0.0472 e. The van der Waals surface area contributed by atoms with E-state index in [1.54, 1.807) is 0 Å². The summed E-state index contributed by atoms with van der Waals surface area (Å²) in [4.78, 5) is 0. The van der Waals surface area contributed by atoms with Gasteiger partial charge in [0.15, 0.2) is 0 Å². The summed E-state index contributed by atoms with van der Waals surface area (Å²) in [6.07, 6.45) is 6.66. The van der Waals surface area contributed by atoms with Gasteiger partial charge in [0, 0.05) is 0 Å². The fraction of sp³-hybridized carbons (Fsp3) is 0.875. The number of hydrogen-bond acceptors (Lipinski definition) is 0. The van der Waals surface area contributed by atoms with Crippen LogP contribution in [0.15, 0.2) is 0 Å². The van der Waals surface area contributed by atoms with E-state index >= 15 is 0 Å². The fourth-order valence-corrected chi connectivity index (χ4v) is 0.879. The maximum atomic E-state index is 2.41. The average molecular weight is 111 g/mol. The number of hydrogen-bond donors (Lipinski definition) is 0. The first-order valence-corrected chi connectivity index (χ1v) is 3.62. The van der Waals surface area contributed by atoms with Crippen molar-refractivity contribution >= 4 is 0 Å². The van der Waals surface area contributed by atoms with Gasteiger partial charge in [0.25, 0.3) is 0 Å². The van der Waals surface area contributed by atoms with Crippen LogP contribution < -0.4 is 0 Å². The molecule has 1 atom stereocenters. The Morgan fingerprint density at radius 1 is 1.62 bits per heavy atom. The first-order chi connectivity index (χ1) is 3.79. The lowest BCUT2D eigenvalue weighted by atomic mass is 10.1. The molecule has 1 unspecified atom stereocenters. The van der Waals surface area contributed by atoms with Gasteiger partial charge < -0.3 is 6.42 Å². The van der Waals surface area contributed by atoms with Gasteiger partial charge in [-0.05, 0) is 5.92 Å². The summed E-state index contributed by atoms with van der Waals surface area (Å²) in [5, 5.41) is 0. The van der Waals surface area contributed by atoms with Crippen molar-refractivity contribution in [1.82, 2.24) is 0 Å². The van der Waals surface area contributed by atoms with E-state index in [0.717, 1.165) is 11.8 Å². The Hall–Kier alpha value is 0. The van der Waals surface area contributed by atoms with Crippen LogP contribution in [0.1, 0.15) is 33.1 Å². The average Bonchev–Trinajstić information content (AvgIpc) is 2.41. The lowest BCUT2D eigenvalue weighted by Crippen LogP contribution is -1.86. The van der Waals surface area contributed by atoms with E-state index in [2.05, 4.69) is 20.3 Å². The molecule has 0 heteroatoms. The Labute approximate surface area is 52.3 Å². The molecule has 0 spiro atoms. The normalized spacial score (nSPS) is 26.6. The van der Waals surface area contributed by atoms with Crippen LogP contribution in [-0.4, -0.2) is 0 Å². The summed E-state index contributed by atoms with van der Waals surface area (Å²) in [5.74, 6) is 1.92. The van der Waals surface area contributed by atoms with Crippen LogP contribution in [0.25, 0.3) is 0 Å². The van der Waals surface area contributed by atoms with Crippen LogP contribution in [0.4, 0.5) is 0 Å². The minimum absolute atomic E-state index is 0.906. The summed E-state index contributed by atoms with van der Waals surface area (Å²) in [5.41, 5.74) is 0. The van der Waals surface area contributed by atoms with Crippen molar-refractivity contribution < 1.29 is 0 Å². The zero-order valence-corrected chi connectivity index (χ0v) is 5.85. The predicted octanol–water partition coefficient (Wildman–Crippen LogP) is 2.65. The molecule has 1 rings (SSSR count). The van der Waals surface area contributed by atoms with Gasteiger partial charge >= 0.3 is 0 Å². The van der Waals surface area contributed by atoms with Gasteiger partial charge in [0.1, 0.15) is 0 Å². The second kappa shape index (κ2) is 2.52. The molecule has 1 aliphatic carbocycles. The maximum absolute atomic E-state index is 2.41. The Morgan fingerprint density at radius 2 is 2.25 bits per heavy atom. The molecule has 0 N–H and O–H groups in total. The zero-order valence-electron chi connectivity index (χ0n) is 5.85. The quantitative estimate of drug-likeness (QED) is 0.491. The van der Waals surface area contributed by atoms with E-state index in [-0.39, 0.29) is 0 Å². The molecule has 0 saturated heterocycles. The standard InChI is InChI=1S/C8H15/c1-7(2)3-4-8-5-6-8/h5,7-8H,3-4,6H2,1-2H3/q-1. The van der Waals surface area contributed by atoms with Gasteiger partial charge in [0.05, 0.1) is 0 Å². The van der Waals surface area contributed by atoms with Crippen molar-refractivity contribution in [2.24, 2.45) is 11.8 Å². The molecule has 48 valence electrons. The van der Waals surface area contributed by atoms with E-state index in [9.17, 15) is 0 Å². The first-order valence-electron chi connectivity index (χ1n) is 3.62. The molecule has 0 aromatic heterocycles. The van der Waals surface area contributed by atoms with Gasteiger partial charge in [-0.25, -0.2) is 6.42 Å². The summed E-state index contributed by atoms with van der Waals surface area (Å²) in [6.45, 7) is 4.59. The van der Waals surface area contributed by atoms with E-state index in [1.165, 1.54) is 19.3 Å². The summed E-state index contributed by atoms with van der Waals surface area (Å²) >= 11 is 0. The Kier molecular flexibility index (Phi) is 1.93. The van der Waals surface area contributed by atoms with E-state index < -0.39 is 0 Å². The van der Waals surface area contributed by atoms with Crippen molar-refractivity contribution in [3.8, 4) is 0 Å². The second-order valence-electron chi connectivity index (χ2n) is 3.20. The van der Waals surface area contributed by atoms with Gasteiger partial charge in [-0.15, -0.1) is 0 Å². The molecule has 8 heavy (non-hydrogen) atoms. The maximum Gasteiger partial charge on any atom is -0.0472 e. The Bertz CT molecular complexity index is 58.4. The zero-order chi connectivity index (χ0) is 5.98. The molecule has 0 aromatic carbocycles. The molecule has 0 aromatic rings. The predicted molar refractivity (Wildman–Crippen MR) is 36.5 cm³/mol. The van der Waals surface area contributed by atoms with Crippen LogP contribution in [0.3, 0.4) is 0 Å². The largest absolute Gasteiger partial charge is 0.330 e. The van der Waals surface area contributed by atoms with Crippen LogP contribution in [0.2, 0.25) is 0 Å². The van der Waals surface area contributed by atoms with E-state index in [0.29, 0.717) is 0 Å². The SMILES string of the molecule is CC(C)CCC1[CH-]C1. The highest BCUT2D eigenvalue weighted by molar-refractivity contribution is 4.93. The van der Waals surface area contributed by atoms with E-state index in [1.807, 2.05) is 0 Å². The number of rotatable bonds is 3. The van der Waals surface area contributed by atoms with Crippen molar-refractivity contribution in [2.45, 2.75) is 33.1 Å². The molecular formula is C8H15-. The first kappa shape index (κ1) is 6.12. The Morgan fingerprint density at radius 3 is 2.62 bits per heavy atom. The van der Waals surface area contributed by atoms with Crippen LogP contribution in [0, 0.1) is 18.3 Å². The molecule has 0 heterocycles. The summed E-state index contributed by atoms with van der Waals surface area (Å²) in [6, 6.07) is 0. The third-order valence-corrected chi connectivity index (χ3v) is 1.68. The molecule has 1 aliphatic rings. The third-order valence-electron chi connectivity index (χ3n) is 1.68. The highest BCUT2D eigenvalue weighted by Gasteiger charge is 2.06. The topological polar surface area (TPSA) is 0 Å². The lowest BCUT2D eigenvalue weighted by molar-refractivity contribution is 0.534. The molecule has 0 amide bonds. The Balaban J connectivity index is 1.87. The van der Waals surface area contributed by atoms with Gasteiger partial charge in [-0.3, -0.25) is 0 Å². The highest BCUT2D eigenvalue weighted by Crippen LogP contribution is 2.33. The third kappa shape index (κ3) is 2.34. The molecular weight excluding hydrogens is 96.1 g/mol. The van der Waals surface area contributed by atoms with Crippen LogP contribution in [-0.2, 0) is 0 Å². The van der Waals surface area contributed by atoms with Crippen LogP contribution >= 0.6 is 0 Å². The summed E-state index contributed by atoms with van der Waals surface area (Å²) in [7, 11) is 0. The summed E-state index contributed by atoms with van der Waals surface area (Å²) < 4.78 is 0.